The third-order valence-corrected chi connectivity index (χ3v) is 4.00. The lowest BCUT2D eigenvalue weighted by molar-refractivity contribution is -0.129. The van der Waals surface area contributed by atoms with Crippen molar-refractivity contribution in [2.75, 3.05) is 26.1 Å². The van der Waals surface area contributed by atoms with Gasteiger partial charge >= 0.3 is 0 Å². The third-order valence-electron chi connectivity index (χ3n) is 4.00. The summed E-state index contributed by atoms with van der Waals surface area (Å²) in [6.07, 6.45) is 0.129. The molecule has 0 unspecified atom stereocenters. The van der Waals surface area contributed by atoms with E-state index in [-0.39, 0.29) is 30.6 Å². The first-order chi connectivity index (χ1) is 12.9. The Balaban J connectivity index is 1.96. The van der Waals surface area contributed by atoms with Gasteiger partial charge in [0.2, 0.25) is 11.8 Å². The first kappa shape index (κ1) is 20.2. The van der Waals surface area contributed by atoms with Gasteiger partial charge in [-0.1, -0.05) is 6.07 Å². The van der Waals surface area contributed by atoms with Crippen molar-refractivity contribution >= 4 is 17.5 Å². The summed E-state index contributed by atoms with van der Waals surface area (Å²) in [6.45, 7) is 2.06. The number of benzene rings is 2. The van der Waals surface area contributed by atoms with Crippen LogP contribution in [0.5, 0.6) is 11.5 Å². The number of hydrogen-bond acceptors (Lipinski definition) is 4. The maximum atomic E-state index is 12.9. The molecule has 2 aromatic rings. The molecule has 0 atom stereocenters. The Labute approximate surface area is 157 Å². The zero-order chi connectivity index (χ0) is 19.8. The Morgan fingerprint density at radius 1 is 1.04 bits per heavy atom. The van der Waals surface area contributed by atoms with E-state index < -0.39 is 0 Å². The Bertz CT molecular complexity index is 793. The van der Waals surface area contributed by atoms with Crippen LogP contribution in [-0.2, 0) is 16.1 Å². The summed E-state index contributed by atoms with van der Waals surface area (Å²) in [7, 11) is 3.10. The first-order valence-electron chi connectivity index (χ1n) is 8.44. The smallest absolute Gasteiger partial charge is 0.226 e. The van der Waals surface area contributed by atoms with E-state index in [0.29, 0.717) is 23.7 Å². The molecule has 27 heavy (non-hydrogen) atoms. The van der Waals surface area contributed by atoms with E-state index >= 15 is 0 Å². The highest BCUT2D eigenvalue weighted by atomic mass is 19.1. The van der Waals surface area contributed by atoms with Crippen LogP contribution in [0.25, 0.3) is 0 Å². The molecule has 2 rings (SSSR count). The van der Waals surface area contributed by atoms with Crippen LogP contribution >= 0.6 is 0 Å². The molecule has 0 radical (unpaired) electrons. The summed E-state index contributed by atoms with van der Waals surface area (Å²) < 4.78 is 23.4. The average Bonchev–Trinajstić information content (AvgIpc) is 2.66. The van der Waals surface area contributed by atoms with Gasteiger partial charge in [-0.05, 0) is 42.0 Å². The van der Waals surface area contributed by atoms with E-state index in [1.54, 1.807) is 31.3 Å². The zero-order valence-corrected chi connectivity index (χ0v) is 15.6. The minimum atomic E-state index is -0.370. The predicted molar refractivity (Wildman–Crippen MR) is 100 cm³/mol. The maximum Gasteiger partial charge on any atom is 0.226 e. The van der Waals surface area contributed by atoms with Gasteiger partial charge in [-0.3, -0.25) is 9.59 Å². The van der Waals surface area contributed by atoms with Crippen molar-refractivity contribution in [1.82, 2.24) is 4.90 Å². The van der Waals surface area contributed by atoms with Gasteiger partial charge in [-0.2, -0.15) is 0 Å². The number of carbonyl (C=O) groups is 2. The van der Waals surface area contributed by atoms with Crippen LogP contribution < -0.4 is 14.8 Å². The largest absolute Gasteiger partial charge is 0.493 e. The van der Waals surface area contributed by atoms with E-state index in [1.165, 1.54) is 31.2 Å². The van der Waals surface area contributed by atoms with Crippen LogP contribution in [0.15, 0.2) is 42.5 Å². The SMILES string of the molecule is COc1ccc(CN(CCC(=O)Nc2ccc(F)cc2)C(C)=O)cc1OC. The number of nitrogens with one attached hydrogen (secondary N) is 1. The van der Waals surface area contributed by atoms with Crippen LogP contribution in [0.1, 0.15) is 18.9 Å². The second-order valence-corrected chi connectivity index (χ2v) is 5.93. The van der Waals surface area contributed by atoms with Crippen molar-refractivity contribution in [2.45, 2.75) is 19.9 Å². The molecule has 0 aliphatic rings. The number of methoxy groups -OCH3 is 2. The second-order valence-electron chi connectivity index (χ2n) is 5.93. The van der Waals surface area contributed by atoms with Gasteiger partial charge in [0.1, 0.15) is 5.82 Å². The van der Waals surface area contributed by atoms with E-state index in [4.69, 9.17) is 9.47 Å². The molecule has 2 aromatic carbocycles. The van der Waals surface area contributed by atoms with Gasteiger partial charge in [-0.15, -0.1) is 0 Å². The fourth-order valence-electron chi connectivity index (χ4n) is 2.54. The van der Waals surface area contributed by atoms with Gasteiger partial charge in [0, 0.05) is 32.1 Å². The van der Waals surface area contributed by atoms with Crippen LogP contribution in [0.2, 0.25) is 0 Å². The van der Waals surface area contributed by atoms with Crippen molar-refractivity contribution < 1.29 is 23.5 Å². The number of rotatable bonds is 8. The fourth-order valence-corrected chi connectivity index (χ4v) is 2.54. The number of nitrogens with zero attached hydrogens (tertiary/aromatic N) is 1. The molecule has 0 aliphatic carbocycles. The molecular weight excluding hydrogens is 351 g/mol. The summed E-state index contributed by atoms with van der Waals surface area (Å²) in [6, 6.07) is 10.9. The van der Waals surface area contributed by atoms with E-state index in [0.717, 1.165) is 5.56 Å². The maximum absolute atomic E-state index is 12.9. The van der Waals surface area contributed by atoms with Gasteiger partial charge < -0.3 is 19.7 Å². The molecular formula is C20H23FN2O4. The number of amides is 2. The Hall–Kier alpha value is -3.09. The Morgan fingerprint density at radius 3 is 2.30 bits per heavy atom. The topological polar surface area (TPSA) is 67.9 Å². The van der Waals surface area contributed by atoms with Crippen LogP contribution in [0, 0.1) is 5.82 Å². The third kappa shape index (κ3) is 5.99. The van der Waals surface area contributed by atoms with Crippen molar-refractivity contribution in [2.24, 2.45) is 0 Å². The number of ether oxygens (including phenoxy) is 2. The van der Waals surface area contributed by atoms with Crippen molar-refractivity contribution in [3.8, 4) is 11.5 Å². The highest BCUT2D eigenvalue weighted by molar-refractivity contribution is 5.91. The summed E-state index contributed by atoms with van der Waals surface area (Å²) in [5.41, 5.74) is 1.37. The second kappa shape index (κ2) is 9.56. The first-order valence-corrected chi connectivity index (χ1v) is 8.44. The van der Waals surface area contributed by atoms with Gasteiger partial charge in [0.25, 0.3) is 0 Å². The molecule has 7 heteroatoms. The molecule has 0 aromatic heterocycles. The Morgan fingerprint density at radius 2 is 1.70 bits per heavy atom. The monoisotopic (exact) mass is 374 g/mol. The quantitative estimate of drug-likeness (QED) is 0.770. The molecule has 144 valence electrons. The lowest BCUT2D eigenvalue weighted by Gasteiger charge is -2.21. The van der Waals surface area contributed by atoms with E-state index in [1.807, 2.05) is 6.07 Å². The summed E-state index contributed by atoms with van der Waals surface area (Å²) in [4.78, 5) is 25.6. The molecule has 0 heterocycles. The summed E-state index contributed by atoms with van der Waals surface area (Å²) in [5.74, 6) is 0.423. The number of halogens is 1. The van der Waals surface area contributed by atoms with Crippen LogP contribution in [0.4, 0.5) is 10.1 Å². The highest BCUT2D eigenvalue weighted by Gasteiger charge is 2.14. The number of carbonyl (C=O) groups excluding carboxylic acids is 2. The average molecular weight is 374 g/mol. The number of hydrogen-bond donors (Lipinski definition) is 1. The van der Waals surface area contributed by atoms with Gasteiger partial charge in [0.05, 0.1) is 14.2 Å². The Kier molecular flexibility index (Phi) is 7.16. The molecule has 1 N–H and O–H groups in total. The predicted octanol–water partition coefficient (Wildman–Crippen LogP) is 3.22. The minimum absolute atomic E-state index is 0.129. The molecule has 2 amide bonds. The molecule has 0 spiro atoms. The number of anilines is 1. The lowest BCUT2D eigenvalue weighted by Crippen LogP contribution is -2.31. The van der Waals surface area contributed by atoms with Crippen LogP contribution in [0.3, 0.4) is 0 Å². The highest BCUT2D eigenvalue weighted by Crippen LogP contribution is 2.28. The van der Waals surface area contributed by atoms with E-state index in [2.05, 4.69) is 5.32 Å². The van der Waals surface area contributed by atoms with Crippen molar-refractivity contribution in [3.63, 3.8) is 0 Å². The lowest BCUT2D eigenvalue weighted by atomic mass is 10.1. The zero-order valence-electron chi connectivity index (χ0n) is 15.6. The molecule has 6 nitrogen and oxygen atoms in total. The van der Waals surface area contributed by atoms with Crippen molar-refractivity contribution in [3.05, 3.63) is 53.8 Å². The fraction of sp³-hybridized carbons (Fsp3) is 0.300. The normalized spacial score (nSPS) is 10.2. The standard InChI is InChI=1S/C20H23FN2O4/c1-14(24)23(13-15-4-9-18(26-2)19(12-15)27-3)11-10-20(25)22-17-7-5-16(21)6-8-17/h4-9,12H,10-11,13H2,1-3H3,(H,22,25). The molecule has 0 aliphatic heterocycles. The summed E-state index contributed by atoms with van der Waals surface area (Å²) in [5, 5.41) is 2.68. The summed E-state index contributed by atoms with van der Waals surface area (Å²) >= 11 is 0. The molecule has 0 saturated heterocycles. The van der Waals surface area contributed by atoms with Gasteiger partial charge in [0.15, 0.2) is 11.5 Å². The van der Waals surface area contributed by atoms with E-state index in [9.17, 15) is 14.0 Å². The van der Waals surface area contributed by atoms with Crippen molar-refractivity contribution in [1.29, 1.82) is 0 Å². The van der Waals surface area contributed by atoms with Crippen LogP contribution in [-0.4, -0.2) is 37.5 Å². The van der Waals surface area contributed by atoms with Gasteiger partial charge in [-0.25, -0.2) is 4.39 Å². The molecule has 0 fully saturated rings. The molecule has 0 saturated carbocycles. The minimum Gasteiger partial charge on any atom is -0.493 e. The molecule has 0 bridgehead atoms.